The Kier molecular flexibility index (Phi) is 7.99. The smallest absolute Gasteiger partial charge is 0.232 e. The lowest BCUT2D eigenvalue weighted by molar-refractivity contribution is -0.123. The van der Waals surface area contributed by atoms with Crippen molar-refractivity contribution in [3.63, 3.8) is 0 Å². The fourth-order valence-corrected chi connectivity index (χ4v) is 5.27. The first-order valence-corrected chi connectivity index (χ1v) is 12.1. The van der Waals surface area contributed by atoms with Gasteiger partial charge < -0.3 is 20.5 Å². The summed E-state index contributed by atoms with van der Waals surface area (Å²) >= 11 is 0. The van der Waals surface area contributed by atoms with Crippen LogP contribution in [-0.4, -0.2) is 48.8 Å². The molecule has 34 heavy (non-hydrogen) atoms. The minimum absolute atomic E-state index is 0.106. The molecule has 0 bridgehead atoms. The lowest BCUT2D eigenvalue weighted by Crippen LogP contribution is -2.49. The molecule has 0 aromatic heterocycles. The van der Waals surface area contributed by atoms with Crippen molar-refractivity contribution < 1.29 is 14.6 Å². The number of amides is 1. The van der Waals surface area contributed by atoms with Crippen LogP contribution >= 0.6 is 0 Å². The number of primary amides is 1. The van der Waals surface area contributed by atoms with Gasteiger partial charge in [-0.3, -0.25) is 4.79 Å². The Morgan fingerprint density at radius 3 is 2.15 bits per heavy atom. The van der Waals surface area contributed by atoms with Crippen LogP contribution in [0.2, 0.25) is 0 Å². The first-order valence-electron chi connectivity index (χ1n) is 12.1. The number of nitrogens with zero attached hydrogens (tertiary/aromatic N) is 1. The van der Waals surface area contributed by atoms with E-state index in [1.807, 2.05) is 84.9 Å². The van der Waals surface area contributed by atoms with Crippen LogP contribution in [0.4, 0.5) is 0 Å². The molecule has 5 heteroatoms. The molecule has 1 aliphatic heterocycles. The van der Waals surface area contributed by atoms with E-state index in [9.17, 15) is 4.79 Å². The summed E-state index contributed by atoms with van der Waals surface area (Å²) in [6.45, 7) is 3.47. The predicted octanol–water partition coefficient (Wildman–Crippen LogP) is 3.78. The van der Waals surface area contributed by atoms with E-state index in [-0.39, 0.29) is 18.4 Å². The van der Waals surface area contributed by atoms with Crippen molar-refractivity contribution in [1.82, 2.24) is 4.90 Å². The Labute approximate surface area is 202 Å². The van der Waals surface area contributed by atoms with Gasteiger partial charge in [-0.05, 0) is 60.5 Å². The average Bonchev–Trinajstić information content (AvgIpc) is 3.34. The predicted molar refractivity (Wildman–Crippen MR) is 135 cm³/mol. The van der Waals surface area contributed by atoms with Crippen LogP contribution in [0.25, 0.3) is 0 Å². The van der Waals surface area contributed by atoms with E-state index in [4.69, 9.17) is 15.6 Å². The Morgan fingerprint density at radius 2 is 1.59 bits per heavy atom. The summed E-state index contributed by atoms with van der Waals surface area (Å²) in [6, 6.07) is 27.9. The molecular formula is C29H34N2O3. The largest absolute Gasteiger partial charge is 0.494 e. The van der Waals surface area contributed by atoms with Crippen molar-refractivity contribution in [2.75, 3.05) is 32.8 Å². The lowest BCUT2D eigenvalue weighted by Gasteiger charge is -2.37. The van der Waals surface area contributed by atoms with Crippen LogP contribution < -0.4 is 10.5 Å². The third-order valence-corrected chi connectivity index (χ3v) is 6.94. The molecule has 5 nitrogen and oxygen atoms in total. The van der Waals surface area contributed by atoms with Gasteiger partial charge in [-0.2, -0.15) is 0 Å². The second-order valence-corrected chi connectivity index (χ2v) is 9.01. The van der Waals surface area contributed by atoms with Gasteiger partial charge >= 0.3 is 0 Å². The van der Waals surface area contributed by atoms with E-state index in [0.717, 1.165) is 54.9 Å². The molecule has 3 N–H and O–H groups in total. The molecule has 1 aliphatic rings. The summed E-state index contributed by atoms with van der Waals surface area (Å²) in [5, 5.41) is 9.03. The quantitative estimate of drug-likeness (QED) is 0.429. The van der Waals surface area contributed by atoms with Gasteiger partial charge in [0.2, 0.25) is 5.91 Å². The van der Waals surface area contributed by atoms with Gasteiger partial charge in [0.05, 0.1) is 6.61 Å². The van der Waals surface area contributed by atoms with E-state index >= 15 is 0 Å². The minimum atomic E-state index is -0.843. The monoisotopic (exact) mass is 458 g/mol. The second-order valence-electron chi connectivity index (χ2n) is 9.01. The van der Waals surface area contributed by atoms with Crippen molar-refractivity contribution in [2.24, 2.45) is 11.7 Å². The molecule has 1 atom stereocenters. The van der Waals surface area contributed by atoms with Crippen LogP contribution in [0.5, 0.6) is 5.75 Å². The number of hydrogen-bond donors (Lipinski definition) is 2. The molecule has 1 heterocycles. The zero-order chi connectivity index (χ0) is 23.8. The van der Waals surface area contributed by atoms with E-state index in [1.54, 1.807) is 0 Å². The maximum absolute atomic E-state index is 13.2. The Hall–Kier alpha value is -3.15. The number of aliphatic hydroxyl groups is 1. The van der Waals surface area contributed by atoms with Gasteiger partial charge in [-0.1, -0.05) is 72.8 Å². The van der Waals surface area contributed by atoms with Crippen LogP contribution in [0.3, 0.4) is 0 Å². The van der Waals surface area contributed by atoms with Crippen molar-refractivity contribution in [3.05, 3.63) is 102 Å². The molecule has 4 rings (SSSR count). The number of rotatable bonds is 11. The zero-order valence-corrected chi connectivity index (χ0v) is 19.6. The molecule has 1 saturated heterocycles. The summed E-state index contributed by atoms with van der Waals surface area (Å²) in [4.78, 5) is 15.6. The lowest BCUT2D eigenvalue weighted by atomic mass is 9.64. The number of ether oxygens (including phenoxy) is 1. The fourth-order valence-electron chi connectivity index (χ4n) is 5.27. The molecule has 0 aliphatic carbocycles. The highest BCUT2D eigenvalue weighted by Crippen LogP contribution is 2.43. The first kappa shape index (κ1) is 24.0. The van der Waals surface area contributed by atoms with Gasteiger partial charge in [-0.25, -0.2) is 0 Å². The van der Waals surface area contributed by atoms with Crippen LogP contribution in [0, 0.1) is 5.92 Å². The van der Waals surface area contributed by atoms with Gasteiger partial charge in [-0.15, -0.1) is 0 Å². The van der Waals surface area contributed by atoms with Crippen molar-refractivity contribution in [1.29, 1.82) is 0 Å². The Bertz CT molecular complexity index is 998. The molecule has 3 aromatic rings. The zero-order valence-electron chi connectivity index (χ0n) is 19.6. The number of aliphatic hydroxyl groups excluding tert-OH is 1. The summed E-state index contributed by atoms with van der Waals surface area (Å²) in [6.07, 6.45) is 2.49. The van der Waals surface area contributed by atoms with E-state index in [0.29, 0.717) is 13.0 Å². The molecule has 0 radical (unpaired) electrons. The number of carbonyl (C=O) groups is 1. The van der Waals surface area contributed by atoms with E-state index in [1.165, 1.54) is 0 Å². The normalized spacial score (nSPS) is 16.4. The van der Waals surface area contributed by atoms with Crippen LogP contribution in [0.1, 0.15) is 29.5 Å². The first-order chi connectivity index (χ1) is 16.6. The summed E-state index contributed by atoms with van der Waals surface area (Å²) in [5.41, 5.74) is 8.38. The molecule has 1 fully saturated rings. The number of carbonyl (C=O) groups excluding carboxylic acids is 1. The molecule has 1 unspecified atom stereocenters. The maximum atomic E-state index is 13.2. The van der Waals surface area contributed by atoms with Crippen LogP contribution in [-0.2, 0) is 16.6 Å². The standard InChI is InChI=1S/C29H34N2O3/c30-28(33)29(24-8-3-1-4-9-24,25-10-5-2-6-11-25)26-16-19-31(22-26)18-7-21-34-27-14-12-23(13-15-27)17-20-32/h1-6,8-15,26,32H,7,16-22H2,(H2,30,33). The Morgan fingerprint density at radius 1 is 0.971 bits per heavy atom. The minimum Gasteiger partial charge on any atom is -0.494 e. The van der Waals surface area contributed by atoms with Crippen molar-refractivity contribution >= 4 is 5.91 Å². The molecule has 0 spiro atoms. The molecule has 1 amide bonds. The molecule has 3 aromatic carbocycles. The highest BCUT2D eigenvalue weighted by atomic mass is 16.5. The van der Waals surface area contributed by atoms with E-state index in [2.05, 4.69) is 4.90 Å². The molecular weight excluding hydrogens is 424 g/mol. The van der Waals surface area contributed by atoms with E-state index < -0.39 is 5.41 Å². The Balaban J connectivity index is 1.41. The number of benzene rings is 3. The molecule has 178 valence electrons. The summed E-state index contributed by atoms with van der Waals surface area (Å²) < 4.78 is 5.91. The van der Waals surface area contributed by atoms with Crippen molar-refractivity contribution in [3.8, 4) is 5.75 Å². The van der Waals surface area contributed by atoms with Gasteiger partial charge in [0.1, 0.15) is 11.2 Å². The number of hydrogen-bond acceptors (Lipinski definition) is 4. The average molecular weight is 459 g/mol. The SMILES string of the molecule is NC(=O)C(c1ccccc1)(c1ccccc1)C1CCN(CCCOc2ccc(CCO)cc2)C1. The third-order valence-electron chi connectivity index (χ3n) is 6.94. The second kappa shape index (κ2) is 11.3. The highest BCUT2D eigenvalue weighted by Gasteiger charge is 2.49. The van der Waals surface area contributed by atoms with Crippen molar-refractivity contribution in [2.45, 2.75) is 24.7 Å². The fraction of sp³-hybridized carbons (Fsp3) is 0.345. The summed E-state index contributed by atoms with van der Waals surface area (Å²) in [5.74, 6) is 0.668. The van der Waals surface area contributed by atoms with Crippen LogP contribution in [0.15, 0.2) is 84.9 Å². The molecule has 0 saturated carbocycles. The van der Waals surface area contributed by atoms with Gasteiger partial charge in [0.15, 0.2) is 0 Å². The number of likely N-dealkylation sites (tertiary alicyclic amines) is 1. The third kappa shape index (κ3) is 5.16. The number of nitrogens with two attached hydrogens (primary N) is 1. The maximum Gasteiger partial charge on any atom is 0.232 e. The van der Waals surface area contributed by atoms with Gasteiger partial charge in [0.25, 0.3) is 0 Å². The highest BCUT2D eigenvalue weighted by molar-refractivity contribution is 5.91. The van der Waals surface area contributed by atoms with Gasteiger partial charge in [0, 0.05) is 19.7 Å². The summed E-state index contributed by atoms with van der Waals surface area (Å²) in [7, 11) is 0. The topological polar surface area (TPSA) is 75.8 Å².